The Hall–Kier alpha value is -1.02. The Morgan fingerprint density at radius 2 is 1.65 bits per heavy atom. The van der Waals surface area contributed by atoms with E-state index in [1.54, 1.807) is 0 Å². The molecule has 1 aromatic carbocycles. The van der Waals surface area contributed by atoms with Gasteiger partial charge in [0.15, 0.2) is 0 Å². The molecule has 1 aromatic rings. The number of ether oxygens (including phenoxy) is 1. The van der Waals surface area contributed by atoms with Gasteiger partial charge in [0, 0.05) is 0 Å². The summed E-state index contributed by atoms with van der Waals surface area (Å²) >= 11 is 0. The van der Waals surface area contributed by atoms with E-state index in [4.69, 9.17) is 4.74 Å². The van der Waals surface area contributed by atoms with E-state index < -0.39 is 0 Å². The molecule has 0 bridgehead atoms. The molecule has 0 spiro atoms. The van der Waals surface area contributed by atoms with Crippen molar-refractivity contribution < 1.29 is 4.74 Å². The molecule has 2 nitrogen and oxygen atoms in total. The number of benzene rings is 1. The second-order valence-corrected chi connectivity index (χ2v) is 5.56. The fourth-order valence-electron chi connectivity index (χ4n) is 2.47. The predicted molar refractivity (Wildman–Crippen MR) is 87.7 cm³/mol. The molecule has 0 unspecified atom stereocenters. The lowest BCUT2D eigenvalue weighted by molar-refractivity contribution is 0.284. The number of hydrogen-bond acceptors (Lipinski definition) is 2. The van der Waals surface area contributed by atoms with Gasteiger partial charge in [0.25, 0.3) is 0 Å². The SMILES string of the molecule is CCN(CC)CCCCCCOc1ccc(C)cc1C. The van der Waals surface area contributed by atoms with Crippen LogP contribution in [-0.4, -0.2) is 31.1 Å². The van der Waals surface area contributed by atoms with Crippen molar-refractivity contribution in [1.29, 1.82) is 0 Å². The maximum Gasteiger partial charge on any atom is 0.122 e. The Labute approximate surface area is 125 Å². The highest BCUT2D eigenvalue weighted by molar-refractivity contribution is 5.35. The minimum Gasteiger partial charge on any atom is -0.493 e. The first-order valence-corrected chi connectivity index (χ1v) is 8.09. The molecule has 0 radical (unpaired) electrons. The van der Waals surface area contributed by atoms with Gasteiger partial charge in [-0.15, -0.1) is 0 Å². The quantitative estimate of drug-likeness (QED) is 0.580. The summed E-state index contributed by atoms with van der Waals surface area (Å²) in [7, 11) is 0. The molecule has 0 aliphatic rings. The van der Waals surface area contributed by atoms with Gasteiger partial charge in [0.2, 0.25) is 0 Å². The fraction of sp³-hybridized carbons (Fsp3) is 0.667. The van der Waals surface area contributed by atoms with Crippen LogP contribution in [-0.2, 0) is 0 Å². The van der Waals surface area contributed by atoms with Crippen LogP contribution in [0.25, 0.3) is 0 Å². The van der Waals surface area contributed by atoms with E-state index in [9.17, 15) is 0 Å². The molecule has 0 aromatic heterocycles. The van der Waals surface area contributed by atoms with E-state index in [1.165, 1.54) is 50.0 Å². The normalized spacial score (nSPS) is 11.1. The van der Waals surface area contributed by atoms with Gasteiger partial charge in [-0.05, 0) is 58.0 Å². The topological polar surface area (TPSA) is 12.5 Å². The van der Waals surface area contributed by atoms with Crippen molar-refractivity contribution in [3.05, 3.63) is 29.3 Å². The highest BCUT2D eigenvalue weighted by Gasteiger charge is 2.00. The standard InChI is InChI=1S/C18H31NO/c1-5-19(6-2)13-9-7-8-10-14-20-18-12-11-16(3)15-17(18)4/h11-12,15H,5-10,13-14H2,1-4H3. The molecule has 1 rings (SSSR count). The minimum absolute atomic E-state index is 0.842. The highest BCUT2D eigenvalue weighted by Crippen LogP contribution is 2.19. The van der Waals surface area contributed by atoms with Crippen LogP contribution in [0.2, 0.25) is 0 Å². The minimum atomic E-state index is 0.842. The van der Waals surface area contributed by atoms with Crippen LogP contribution in [0.4, 0.5) is 0 Å². The van der Waals surface area contributed by atoms with Crippen LogP contribution in [0.3, 0.4) is 0 Å². The van der Waals surface area contributed by atoms with Crippen molar-refractivity contribution in [1.82, 2.24) is 4.90 Å². The summed E-state index contributed by atoms with van der Waals surface area (Å²) in [4.78, 5) is 2.49. The van der Waals surface area contributed by atoms with Gasteiger partial charge in [-0.1, -0.05) is 44.4 Å². The van der Waals surface area contributed by atoms with Gasteiger partial charge >= 0.3 is 0 Å². The molecule has 2 heteroatoms. The average molecular weight is 277 g/mol. The van der Waals surface area contributed by atoms with Crippen molar-refractivity contribution in [2.75, 3.05) is 26.2 Å². The van der Waals surface area contributed by atoms with Crippen LogP contribution in [0.15, 0.2) is 18.2 Å². The third-order valence-electron chi connectivity index (χ3n) is 3.85. The van der Waals surface area contributed by atoms with Crippen molar-refractivity contribution in [3.63, 3.8) is 0 Å². The summed E-state index contributed by atoms with van der Waals surface area (Å²) in [5.41, 5.74) is 2.54. The smallest absolute Gasteiger partial charge is 0.122 e. The maximum atomic E-state index is 5.85. The molecule has 0 aliphatic carbocycles. The van der Waals surface area contributed by atoms with Crippen molar-refractivity contribution in [2.24, 2.45) is 0 Å². The van der Waals surface area contributed by atoms with Crippen molar-refractivity contribution in [2.45, 2.75) is 53.4 Å². The number of rotatable bonds is 10. The first-order valence-electron chi connectivity index (χ1n) is 8.09. The van der Waals surface area contributed by atoms with E-state index in [2.05, 4.69) is 50.8 Å². The summed E-state index contributed by atoms with van der Waals surface area (Å²) in [6.07, 6.45) is 5.05. The molecule has 0 amide bonds. The number of unbranched alkanes of at least 4 members (excludes halogenated alkanes) is 3. The van der Waals surface area contributed by atoms with Crippen LogP contribution in [0.5, 0.6) is 5.75 Å². The first-order chi connectivity index (χ1) is 9.67. The van der Waals surface area contributed by atoms with Gasteiger partial charge in [0.05, 0.1) is 6.61 Å². The Balaban J connectivity index is 2.07. The Morgan fingerprint density at radius 3 is 2.30 bits per heavy atom. The lowest BCUT2D eigenvalue weighted by Gasteiger charge is -2.17. The molecule has 0 atom stereocenters. The Morgan fingerprint density at radius 1 is 0.950 bits per heavy atom. The van der Waals surface area contributed by atoms with Crippen LogP contribution in [0.1, 0.15) is 50.7 Å². The molecule has 0 N–H and O–H groups in total. The van der Waals surface area contributed by atoms with E-state index >= 15 is 0 Å². The summed E-state index contributed by atoms with van der Waals surface area (Å²) in [6, 6.07) is 6.39. The summed E-state index contributed by atoms with van der Waals surface area (Å²) in [6.45, 7) is 13.1. The van der Waals surface area contributed by atoms with Gasteiger partial charge in [-0.2, -0.15) is 0 Å². The maximum absolute atomic E-state index is 5.85. The van der Waals surface area contributed by atoms with Crippen LogP contribution in [0, 0.1) is 13.8 Å². The fourth-order valence-corrected chi connectivity index (χ4v) is 2.47. The third kappa shape index (κ3) is 6.42. The van der Waals surface area contributed by atoms with Gasteiger partial charge in [-0.25, -0.2) is 0 Å². The molecule has 0 saturated heterocycles. The molecule has 114 valence electrons. The molecular formula is C18H31NO. The number of aryl methyl sites for hydroxylation is 2. The summed E-state index contributed by atoms with van der Waals surface area (Å²) in [5.74, 6) is 1.04. The predicted octanol–water partition coefficient (Wildman–Crippen LogP) is 4.58. The second kappa shape index (κ2) is 9.82. The van der Waals surface area contributed by atoms with Crippen LogP contribution < -0.4 is 4.74 Å². The number of hydrogen-bond donors (Lipinski definition) is 0. The summed E-state index contributed by atoms with van der Waals surface area (Å²) < 4.78 is 5.85. The van der Waals surface area contributed by atoms with Crippen LogP contribution >= 0.6 is 0 Å². The number of nitrogens with zero attached hydrogens (tertiary/aromatic N) is 1. The Kier molecular flexibility index (Phi) is 8.36. The zero-order valence-corrected chi connectivity index (χ0v) is 13.7. The largest absolute Gasteiger partial charge is 0.493 e. The molecular weight excluding hydrogens is 246 g/mol. The molecule has 0 fully saturated rings. The van der Waals surface area contributed by atoms with E-state index in [0.717, 1.165) is 18.8 Å². The highest BCUT2D eigenvalue weighted by atomic mass is 16.5. The van der Waals surface area contributed by atoms with Gasteiger partial charge < -0.3 is 9.64 Å². The zero-order valence-electron chi connectivity index (χ0n) is 13.7. The monoisotopic (exact) mass is 277 g/mol. The molecule has 0 saturated carbocycles. The van der Waals surface area contributed by atoms with Gasteiger partial charge in [-0.3, -0.25) is 0 Å². The van der Waals surface area contributed by atoms with Crippen molar-refractivity contribution >= 4 is 0 Å². The Bertz CT molecular complexity index is 372. The van der Waals surface area contributed by atoms with E-state index in [-0.39, 0.29) is 0 Å². The average Bonchev–Trinajstić information content (AvgIpc) is 2.44. The summed E-state index contributed by atoms with van der Waals surface area (Å²) in [5, 5.41) is 0. The lowest BCUT2D eigenvalue weighted by atomic mass is 10.1. The third-order valence-corrected chi connectivity index (χ3v) is 3.85. The first kappa shape index (κ1) is 17.0. The van der Waals surface area contributed by atoms with E-state index in [1.807, 2.05) is 0 Å². The molecule has 0 heterocycles. The molecule has 0 aliphatic heterocycles. The second-order valence-electron chi connectivity index (χ2n) is 5.56. The zero-order chi connectivity index (χ0) is 14.8. The molecule has 20 heavy (non-hydrogen) atoms. The van der Waals surface area contributed by atoms with E-state index in [0.29, 0.717) is 0 Å². The van der Waals surface area contributed by atoms with Crippen molar-refractivity contribution in [3.8, 4) is 5.75 Å². The lowest BCUT2D eigenvalue weighted by Crippen LogP contribution is -2.23. The van der Waals surface area contributed by atoms with Gasteiger partial charge in [0.1, 0.15) is 5.75 Å².